The molecule has 3 aromatic rings. The van der Waals surface area contributed by atoms with E-state index in [1.807, 2.05) is 10.6 Å². The molecule has 0 aliphatic carbocycles. The number of amides is 2. The molecular formula is C19H16Cl2N4O2. The lowest BCUT2D eigenvalue weighted by Gasteiger charge is -2.09. The molecule has 2 amide bonds. The smallest absolute Gasteiger partial charge is 0.251 e. The highest BCUT2D eigenvalue weighted by Crippen LogP contribution is 2.22. The van der Waals surface area contributed by atoms with Crippen LogP contribution in [0.4, 0.5) is 0 Å². The number of benzene rings is 2. The third kappa shape index (κ3) is 4.87. The van der Waals surface area contributed by atoms with Crippen LogP contribution in [0.3, 0.4) is 0 Å². The number of hydrogen-bond donors (Lipinski definition) is 2. The maximum absolute atomic E-state index is 12.3. The number of aromatic nitrogens is 2. The Morgan fingerprint density at radius 1 is 0.926 bits per heavy atom. The molecule has 27 heavy (non-hydrogen) atoms. The van der Waals surface area contributed by atoms with Gasteiger partial charge in [0.05, 0.1) is 16.4 Å². The van der Waals surface area contributed by atoms with Crippen molar-refractivity contribution >= 4 is 35.0 Å². The van der Waals surface area contributed by atoms with Crippen LogP contribution in [0.1, 0.15) is 20.7 Å². The van der Waals surface area contributed by atoms with Crippen molar-refractivity contribution < 1.29 is 9.59 Å². The second kappa shape index (κ2) is 8.70. The number of nitrogens with one attached hydrogen (secondary N) is 2. The molecule has 0 saturated carbocycles. The molecule has 1 aromatic heterocycles. The van der Waals surface area contributed by atoms with Crippen molar-refractivity contribution in [3.63, 3.8) is 0 Å². The van der Waals surface area contributed by atoms with Crippen molar-refractivity contribution in [1.82, 2.24) is 20.2 Å². The van der Waals surface area contributed by atoms with Crippen molar-refractivity contribution in [2.24, 2.45) is 0 Å². The van der Waals surface area contributed by atoms with Crippen molar-refractivity contribution in [3.05, 3.63) is 82.4 Å². The summed E-state index contributed by atoms with van der Waals surface area (Å²) in [6, 6.07) is 11.8. The average molecular weight is 403 g/mol. The first-order chi connectivity index (χ1) is 13.0. The Morgan fingerprint density at radius 2 is 1.63 bits per heavy atom. The maximum Gasteiger partial charge on any atom is 0.251 e. The number of rotatable bonds is 6. The molecule has 0 radical (unpaired) electrons. The third-order valence-electron chi connectivity index (χ3n) is 3.79. The number of carbonyl (C=O) groups is 2. The summed E-state index contributed by atoms with van der Waals surface area (Å²) < 4.78 is 1.81. The molecule has 138 valence electrons. The number of halogens is 2. The fourth-order valence-corrected chi connectivity index (χ4v) is 2.71. The summed E-state index contributed by atoms with van der Waals surface area (Å²) in [5.41, 5.74) is 1.77. The minimum absolute atomic E-state index is 0.222. The van der Waals surface area contributed by atoms with E-state index in [0.717, 1.165) is 5.69 Å². The monoisotopic (exact) mass is 402 g/mol. The predicted octanol–water partition coefficient (Wildman–Crippen LogP) is 3.34. The van der Waals surface area contributed by atoms with Crippen molar-refractivity contribution in [1.29, 1.82) is 0 Å². The fourth-order valence-electron chi connectivity index (χ4n) is 2.41. The molecule has 0 unspecified atom stereocenters. The third-order valence-corrected chi connectivity index (χ3v) is 4.53. The quantitative estimate of drug-likeness (QED) is 0.620. The number of imidazole rings is 1. The Morgan fingerprint density at radius 3 is 2.26 bits per heavy atom. The van der Waals surface area contributed by atoms with Crippen LogP contribution in [0, 0.1) is 0 Å². The molecule has 0 fully saturated rings. The summed E-state index contributed by atoms with van der Waals surface area (Å²) in [6.45, 7) is 0.577. The van der Waals surface area contributed by atoms with E-state index in [0.29, 0.717) is 27.7 Å². The summed E-state index contributed by atoms with van der Waals surface area (Å²) in [6.07, 6.45) is 5.13. The molecule has 0 saturated heterocycles. The highest BCUT2D eigenvalue weighted by molar-refractivity contribution is 6.42. The SMILES string of the molecule is O=C(NCCNC(=O)c1ccc(Cl)c(Cl)c1)c1cccc(-n2ccnc2)c1. The lowest BCUT2D eigenvalue weighted by atomic mass is 10.2. The van der Waals surface area contributed by atoms with Gasteiger partial charge in [-0.1, -0.05) is 29.3 Å². The van der Waals surface area contributed by atoms with Gasteiger partial charge in [-0.05, 0) is 36.4 Å². The van der Waals surface area contributed by atoms with Gasteiger partial charge in [0.2, 0.25) is 0 Å². The molecule has 8 heteroatoms. The molecule has 0 aliphatic rings. The Hall–Kier alpha value is -2.83. The van der Waals surface area contributed by atoms with Crippen LogP contribution in [-0.2, 0) is 0 Å². The lowest BCUT2D eigenvalue weighted by molar-refractivity contribution is 0.0927. The molecule has 1 heterocycles. The fraction of sp³-hybridized carbons (Fsp3) is 0.105. The Balaban J connectivity index is 1.50. The van der Waals surface area contributed by atoms with Crippen molar-refractivity contribution in [3.8, 4) is 5.69 Å². The van der Waals surface area contributed by atoms with Gasteiger partial charge in [0.1, 0.15) is 0 Å². The second-order valence-electron chi connectivity index (χ2n) is 5.66. The van der Waals surface area contributed by atoms with Crippen LogP contribution in [0.25, 0.3) is 5.69 Å². The molecule has 0 atom stereocenters. The predicted molar refractivity (Wildman–Crippen MR) is 105 cm³/mol. The van der Waals surface area contributed by atoms with E-state index in [1.54, 1.807) is 49.1 Å². The Labute approximate surface area is 166 Å². The van der Waals surface area contributed by atoms with Gasteiger partial charge in [-0.3, -0.25) is 9.59 Å². The van der Waals surface area contributed by atoms with Crippen LogP contribution in [0.15, 0.2) is 61.2 Å². The first-order valence-corrected chi connectivity index (χ1v) is 8.90. The topological polar surface area (TPSA) is 76.0 Å². The molecule has 0 bridgehead atoms. The minimum Gasteiger partial charge on any atom is -0.350 e. The second-order valence-corrected chi connectivity index (χ2v) is 6.48. The molecule has 3 rings (SSSR count). The minimum atomic E-state index is -0.287. The number of nitrogens with zero attached hydrogens (tertiary/aromatic N) is 2. The van der Waals surface area contributed by atoms with Crippen LogP contribution in [0.5, 0.6) is 0 Å². The molecule has 0 spiro atoms. The van der Waals surface area contributed by atoms with Gasteiger partial charge in [0, 0.05) is 42.3 Å². The maximum atomic E-state index is 12.3. The van der Waals surface area contributed by atoms with E-state index in [-0.39, 0.29) is 18.4 Å². The summed E-state index contributed by atoms with van der Waals surface area (Å²) >= 11 is 11.7. The van der Waals surface area contributed by atoms with Gasteiger partial charge in [0.15, 0.2) is 0 Å². The van der Waals surface area contributed by atoms with E-state index in [1.165, 1.54) is 6.07 Å². The van der Waals surface area contributed by atoms with E-state index < -0.39 is 0 Å². The first-order valence-electron chi connectivity index (χ1n) is 8.14. The molecule has 6 nitrogen and oxygen atoms in total. The van der Waals surface area contributed by atoms with Gasteiger partial charge in [-0.25, -0.2) is 4.98 Å². The lowest BCUT2D eigenvalue weighted by Crippen LogP contribution is -2.34. The normalized spacial score (nSPS) is 10.4. The Bertz CT molecular complexity index is 958. The van der Waals surface area contributed by atoms with E-state index in [4.69, 9.17) is 23.2 Å². The summed E-state index contributed by atoms with van der Waals surface area (Å²) in [7, 11) is 0. The van der Waals surface area contributed by atoms with Crippen molar-refractivity contribution in [2.75, 3.05) is 13.1 Å². The zero-order chi connectivity index (χ0) is 19.2. The van der Waals surface area contributed by atoms with Gasteiger partial charge >= 0.3 is 0 Å². The van der Waals surface area contributed by atoms with E-state index >= 15 is 0 Å². The zero-order valence-corrected chi connectivity index (χ0v) is 15.7. The van der Waals surface area contributed by atoms with Crippen molar-refractivity contribution in [2.45, 2.75) is 0 Å². The van der Waals surface area contributed by atoms with Gasteiger partial charge in [-0.2, -0.15) is 0 Å². The summed E-state index contributed by atoms with van der Waals surface area (Å²) in [5.74, 6) is -0.509. The molecule has 0 aliphatic heterocycles. The zero-order valence-electron chi connectivity index (χ0n) is 14.2. The van der Waals surface area contributed by atoms with Crippen LogP contribution in [0.2, 0.25) is 10.0 Å². The molecular weight excluding hydrogens is 387 g/mol. The summed E-state index contributed by atoms with van der Waals surface area (Å²) in [5, 5.41) is 6.19. The summed E-state index contributed by atoms with van der Waals surface area (Å²) in [4.78, 5) is 28.3. The highest BCUT2D eigenvalue weighted by atomic mass is 35.5. The van der Waals surface area contributed by atoms with E-state index in [9.17, 15) is 9.59 Å². The van der Waals surface area contributed by atoms with Crippen LogP contribution in [-0.4, -0.2) is 34.5 Å². The molecule has 2 aromatic carbocycles. The number of hydrogen-bond acceptors (Lipinski definition) is 3. The van der Waals surface area contributed by atoms with Crippen LogP contribution >= 0.6 is 23.2 Å². The van der Waals surface area contributed by atoms with Crippen LogP contribution < -0.4 is 10.6 Å². The Kier molecular flexibility index (Phi) is 6.11. The van der Waals surface area contributed by atoms with Gasteiger partial charge < -0.3 is 15.2 Å². The number of carbonyl (C=O) groups excluding carboxylic acids is 2. The average Bonchev–Trinajstić information content (AvgIpc) is 3.22. The first kappa shape index (κ1) is 18.9. The molecule has 2 N–H and O–H groups in total. The highest BCUT2D eigenvalue weighted by Gasteiger charge is 2.09. The van der Waals surface area contributed by atoms with Gasteiger partial charge in [-0.15, -0.1) is 0 Å². The largest absolute Gasteiger partial charge is 0.350 e. The van der Waals surface area contributed by atoms with Gasteiger partial charge in [0.25, 0.3) is 11.8 Å². The van der Waals surface area contributed by atoms with E-state index in [2.05, 4.69) is 15.6 Å². The standard InChI is InChI=1S/C19H16Cl2N4O2/c20-16-5-4-14(11-17(16)21)19(27)24-7-6-23-18(26)13-2-1-3-15(10-13)25-9-8-22-12-25/h1-5,8-12H,6-7H2,(H,23,26)(H,24,27).